The highest BCUT2D eigenvalue weighted by Crippen LogP contribution is 2.41. The van der Waals surface area contributed by atoms with E-state index in [1.807, 2.05) is 61.5 Å². The third kappa shape index (κ3) is 4.73. The molecule has 1 aliphatic heterocycles. The second kappa shape index (κ2) is 10.5. The fourth-order valence-corrected chi connectivity index (χ4v) is 4.71. The Balaban J connectivity index is 1.64. The molecule has 0 radical (unpaired) electrons. The summed E-state index contributed by atoms with van der Waals surface area (Å²) in [6.45, 7) is 5.59. The Morgan fingerprint density at radius 2 is 1.84 bits per heavy atom. The summed E-state index contributed by atoms with van der Waals surface area (Å²) in [6.07, 6.45) is 0. The first-order valence-corrected chi connectivity index (χ1v) is 12.1. The summed E-state index contributed by atoms with van der Waals surface area (Å²) in [6, 6.07) is 17.3. The highest BCUT2D eigenvalue weighted by atomic mass is 16.7. The van der Waals surface area contributed by atoms with Crippen molar-refractivity contribution in [3.63, 3.8) is 0 Å². The second-order valence-corrected chi connectivity index (χ2v) is 8.88. The number of fused-ring (bicyclic) bond motifs is 5. The number of nitrogens with zero attached hydrogens (tertiary/aromatic N) is 2. The van der Waals surface area contributed by atoms with Crippen LogP contribution < -0.4 is 4.74 Å². The number of carbonyl (C=O) groups excluding carboxylic acids is 2. The van der Waals surface area contributed by atoms with E-state index < -0.39 is 5.97 Å². The summed E-state index contributed by atoms with van der Waals surface area (Å²) >= 11 is 0. The molecule has 8 heteroatoms. The van der Waals surface area contributed by atoms with Crippen LogP contribution in [0.15, 0.2) is 59.8 Å². The van der Waals surface area contributed by atoms with Gasteiger partial charge in [-0.15, -0.1) is 0 Å². The number of ketones is 1. The fraction of sp³-hybridized carbons (Fsp3) is 0.276. The molecule has 0 saturated heterocycles. The van der Waals surface area contributed by atoms with Crippen molar-refractivity contribution in [1.29, 1.82) is 0 Å². The van der Waals surface area contributed by atoms with Crippen molar-refractivity contribution in [3.05, 3.63) is 76.9 Å². The van der Waals surface area contributed by atoms with Crippen molar-refractivity contribution >= 4 is 39.3 Å². The Morgan fingerprint density at radius 3 is 2.62 bits per heavy atom. The lowest BCUT2D eigenvalue weighted by atomic mass is 9.97. The van der Waals surface area contributed by atoms with Gasteiger partial charge in [0.15, 0.2) is 5.78 Å². The maximum absolute atomic E-state index is 13.4. The molecule has 190 valence electrons. The van der Waals surface area contributed by atoms with Crippen LogP contribution in [0, 0.1) is 6.92 Å². The van der Waals surface area contributed by atoms with E-state index in [-0.39, 0.29) is 12.4 Å². The number of methoxy groups -OCH3 is 1. The molecule has 0 atom stereocenters. The zero-order chi connectivity index (χ0) is 25.9. The summed E-state index contributed by atoms with van der Waals surface area (Å²) in [4.78, 5) is 29.6. The minimum absolute atomic E-state index is 0.0330. The first-order valence-electron chi connectivity index (χ1n) is 12.1. The Bertz CT molecular complexity index is 1530. The summed E-state index contributed by atoms with van der Waals surface area (Å²) in [5, 5.41) is 5.77. The normalized spacial score (nSPS) is 13.8. The van der Waals surface area contributed by atoms with Crippen molar-refractivity contribution in [1.82, 2.24) is 4.57 Å². The van der Waals surface area contributed by atoms with Gasteiger partial charge in [-0.2, -0.15) is 0 Å². The van der Waals surface area contributed by atoms with Gasteiger partial charge in [-0.1, -0.05) is 29.4 Å². The third-order valence-corrected chi connectivity index (χ3v) is 6.47. The van der Waals surface area contributed by atoms with E-state index in [1.165, 1.54) is 6.92 Å². The monoisotopic (exact) mass is 500 g/mol. The topological polar surface area (TPSA) is 88.4 Å². The summed E-state index contributed by atoms with van der Waals surface area (Å²) in [5.41, 5.74) is 5.44. The largest absolute Gasteiger partial charge is 0.486 e. The minimum Gasteiger partial charge on any atom is -0.486 e. The molecule has 8 nitrogen and oxygen atoms in total. The zero-order valence-electron chi connectivity index (χ0n) is 21.1. The highest BCUT2D eigenvalue weighted by Gasteiger charge is 2.27. The number of hydrogen-bond donors (Lipinski definition) is 0. The number of rotatable bonds is 9. The van der Waals surface area contributed by atoms with Crippen LogP contribution in [-0.2, 0) is 25.7 Å². The average Bonchev–Trinajstić information content (AvgIpc) is 3.45. The molecule has 0 fully saturated rings. The molecule has 0 N–H and O–H groups in total. The lowest BCUT2D eigenvalue weighted by Crippen LogP contribution is -2.09. The number of benzene rings is 3. The molecule has 0 unspecified atom stereocenters. The summed E-state index contributed by atoms with van der Waals surface area (Å²) in [7, 11) is 1.64. The SMILES string of the molecule is COCCOCCn1c2ccc(C(=O)c3ccccc3C)cc2c2c3c(ccc21)/C(=N/OC(C)=O)CO3. The molecule has 0 amide bonds. The fourth-order valence-electron chi connectivity index (χ4n) is 4.71. The van der Waals surface area contributed by atoms with E-state index >= 15 is 0 Å². The van der Waals surface area contributed by atoms with Gasteiger partial charge >= 0.3 is 5.97 Å². The Labute approximate surface area is 214 Å². The quantitative estimate of drug-likeness (QED) is 0.144. The minimum atomic E-state index is -0.494. The number of aryl methyl sites for hydroxylation is 1. The maximum Gasteiger partial charge on any atom is 0.331 e. The molecule has 1 aliphatic rings. The molecule has 0 bridgehead atoms. The zero-order valence-corrected chi connectivity index (χ0v) is 21.1. The van der Waals surface area contributed by atoms with Crippen molar-refractivity contribution in [2.24, 2.45) is 5.16 Å². The van der Waals surface area contributed by atoms with E-state index in [0.717, 1.165) is 32.9 Å². The van der Waals surface area contributed by atoms with Gasteiger partial charge in [0.1, 0.15) is 18.1 Å². The van der Waals surface area contributed by atoms with Gasteiger partial charge < -0.3 is 23.6 Å². The van der Waals surface area contributed by atoms with Crippen LogP contribution in [0.5, 0.6) is 5.75 Å². The molecule has 3 aromatic carbocycles. The van der Waals surface area contributed by atoms with Gasteiger partial charge in [-0.05, 0) is 42.8 Å². The van der Waals surface area contributed by atoms with E-state index in [0.29, 0.717) is 49.0 Å². The van der Waals surface area contributed by atoms with Gasteiger partial charge in [0.2, 0.25) is 0 Å². The number of hydrogen-bond acceptors (Lipinski definition) is 7. The third-order valence-electron chi connectivity index (χ3n) is 6.47. The first-order chi connectivity index (χ1) is 18.0. The average molecular weight is 501 g/mol. The molecule has 1 aromatic heterocycles. The van der Waals surface area contributed by atoms with Crippen molar-refractivity contribution in [2.75, 3.05) is 33.5 Å². The predicted molar refractivity (Wildman–Crippen MR) is 141 cm³/mol. The van der Waals surface area contributed by atoms with Crippen LogP contribution in [0.4, 0.5) is 0 Å². The van der Waals surface area contributed by atoms with Crippen molar-refractivity contribution in [2.45, 2.75) is 20.4 Å². The van der Waals surface area contributed by atoms with E-state index in [2.05, 4.69) is 9.72 Å². The van der Waals surface area contributed by atoms with E-state index in [4.69, 9.17) is 19.0 Å². The van der Waals surface area contributed by atoms with Crippen molar-refractivity contribution < 1.29 is 28.6 Å². The Hall–Kier alpha value is -4.01. The summed E-state index contributed by atoms with van der Waals surface area (Å²) in [5.74, 6) is 0.133. The van der Waals surface area contributed by atoms with Crippen molar-refractivity contribution in [3.8, 4) is 5.75 Å². The molecule has 0 saturated carbocycles. The summed E-state index contributed by atoms with van der Waals surface area (Å²) < 4.78 is 19.1. The Kier molecular flexibility index (Phi) is 7.03. The molecule has 5 rings (SSSR count). The second-order valence-electron chi connectivity index (χ2n) is 8.88. The van der Waals surface area contributed by atoms with Crippen LogP contribution in [-0.4, -0.2) is 55.6 Å². The van der Waals surface area contributed by atoms with Gasteiger partial charge in [-0.25, -0.2) is 4.79 Å². The van der Waals surface area contributed by atoms with Gasteiger partial charge in [0.05, 0.1) is 30.7 Å². The number of oxime groups is 1. The number of carbonyl (C=O) groups is 2. The lowest BCUT2D eigenvalue weighted by Gasteiger charge is -2.09. The molecular weight excluding hydrogens is 472 g/mol. The molecule has 0 aliphatic carbocycles. The molecule has 0 spiro atoms. The lowest BCUT2D eigenvalue weighted by molar-refractivity contribution is -0.140. The molecule has 4 aromatic rings. The van der Waals surface area contributed by atoms with E-state index in [1.54, 1.807) is 7.11 Å². The smallest absolute Gasteiger partial charge is 0.331 e. The van der Waals surface area contributed by atoms with Crippen LogP contribution >= 0.6 is 0 Å². The maximum atomic E-state index is 13.4. The van der Waals surface area contributed by atoms with Crippen LogP contribution in [0.3, 0.4) is 0 Å². The van der Waals surface area contributed by atoms with Gasteiger partial charge in [-0.3, -0.25) is 4.79 Å². The predicted octanol–water partition coefficient (Wildman–Crippen LogP) is 4.66. The molecule has 37 heavy (non-hydrogen) atoms. The first kappa shape index (κ1) is 24.7. The Morgan fingerprint density at radius 1 is 1.03 bits per heavy atom. The van der Waals surface area contributed by atoms with E-state index in [9.17, 15) is 9.59 Å². The molecule has 2 heterocycles. The molecular formula is C29H28N2O6. The highest BCUT2D eigenvalue weighted by molar-refractivity contribution is 6.20. The van der Waals surface area contributed by atoms with Gasteiger partial charge in [0, 0.05) is 48.2 Å². The standard InChI is InChI=1S/C29H28N2O6/c1-18-6-4-5-7-21(18)28(33)20-8-10-25-23(16-20)27-26(31(25)12-13-35-15-14-34-3)11-9-22-24(17-36-29(22)27)30-37-19(2)32/h4-11,16H,12-15,17H2,1-3H3/b30-24+. The number of aromatic nitrogens is 1. The van der Waals surface area contributed by atoms with Gasteiger partial charge in [0.25, 0.3) is 0 Å². The van der Waals surface area contributed by atoms with Crippen LogP contribution in [0.2, 0.25) is 0 Å². The van der Waals surface area contributed by atoms with Crippen LogP contribution in [0.25, 0.3) is 21.8 Å². The van der Waals surface area contributed by atoms with Crippen LogP contribution in [0.1, 0.15) is 34.0 Å². The number of ether oxygens (including phenoxy) is 3.